The molecule has 2 aromatic rings. The number of thiophene rings is 1. The van der Waals surface area contributed by atoms with Gasteiger partial charge in [-0.1, -0.05) is 19.9 Å². The maximum atomic E-state index is 13.9. The summed E-state index contributed by atoms with van der Waals surface area (Å²) in [5.74, 6) is -0.175. The van der Waals surface area contributed by atoms with E-state index in [2.05, 4.69) is 13.8 Å². The molecule has 0 N–H and O–H groups in total. The molecule has 0 aliphatic carbocycles. The van der Waals surface area contributed by atoms with E-state index in [1.165, 1.54) is 17.4 Å². The fourth-order valence-corrected chi connectivity index (χ4v) is 4.72. The number of rotatable bonds is 3. The Morgan fingerprint density at radius 1 is 1.28 bits per heavy atom. The van der Waals surface area contributed by atoms with Crippen molar-refractivity contribution < 1.29 is 18.7 Å². The van der Waals surface area contributed by atoms with E-state index in [1.807, 2.05) is 0 Å². The average Bonchev–Trinajstić information content (AvgIpc) is 2.89. The number of amides is 1. The molecule has 134 valence electrons. The third kappa shape index (κ3) is 3.68. The summed E-state index contributed by atoms with van der Waals surface area (Å²) in [6, 6.07) is 4.76. The fourth-order valence-electron chi connectivity index (χ4n) is 3.60. The third-order valence-electron chi connectivity index (χ3n) is 4.64. The highest BCUT2D eigenvalue weighted by atomic mass is 32.1. The summed E-state index contributed by atoms with van der Waals surface area (Å²) in [6.45, 7) is 7.08. The molecule has 1 saturated heterocycles. The number of likely N-dealkylation sites (tertiary alicyclic amines) is 1. The van der Waals surface area contributed by atoms with Gasteiger partial charge in [-0.15, -0.1) is 11.3 Å². The normalized spacial score (nSPS) is 20.7. The molecule has 4 nitrogen and oxygen atoms in total. The molecule has 0 spiro atoms. The maximum absolute atomic E-state index is 13.9. The highest BCUT2D eigenvalue weighted by Gasteiger charge is 2.26. The van der Waals surface area contributed by atoms with Crippen molar-refractivity contribution in [2.45, 2.75) is 27.2 Å². The van der Waals surface area contributed by atoms with Gasteiger partial charge in [0.15, 0.2) is 6.61 Å². The number of hydrogen-bond acceptors (Lipinski definition) is 4. The Morgan fingerprint density at radius 3 is 2.60 bits per heavy atom. The van der Waals surface area contributed by atoms with Crippen LogP contribution in [0.25, 0.3) is 10.1 Å². The quantitative estimate of drug-likeness (QED) is 0.774. The van der Waals surface area contributed by atoms with Crippen LogP contribution in [-0.2, 0) is 9.53 Å². The maximum Gasteiger partial charge on any atom is 0.349 e. The Kier molecular flexibility index (Phi) is 5.08. The molecule has 2 heterocycles. The largest absolute Gasteiger partial charge is 0.451 e. The van der Waals surface area contributed by atoms with E-state index in [4.69, 9.17) is 4.74 Å². The number of hydrogen-bond donors (Lipinski definition) is 0. The van der Waals surface area contributed by atoms with Crippen molar-refractivity contribution in [3.63, 3.8) is 0 Å². The lowest BCUT2D eigenvalue weighted by molar-refractivity contribution is -0.137. The topological polar surface area (TPSA) is 46.6 Å². The van der Waals surface area contributed by atoms with E-state index in [0.717, 1.165) is 6.42 Å². The molecule has 1 aliphatic heterocycles. The molecule has 0 unspecified atom stereocenters. The third-order valence-corrected chi connectivity index (χ3v) is 5.87. The molecule has 1 aliphatic rings. The molecule has 3 rings (SSSR count). The first-order valence-electron chi connectivity index (χ1n) is 8.49. The minimum absolute atomic E-state index is 0.170. The zero-order valence-corrected chi connectivity index (χ0v) is 15.5. The highest BCUT2D eigenvalue weighted by molar-refractivity contribution is 7.21. The molecule has 1 aromatic heterocycles. The van der Waals surface area contributed by atoms with Crippen LogP contribution in [0.1, 0.15) is 35.5 Å². The molecule has 1 aromatic carbocycles. The van der Waals surface area contributed by atoms with Crippen molar-refractivity contribution in [1.29, 1.82) is 0 Å². The van der Waals surface area contributed by atoms with Gasteiger partial charge < -0.3 is 9.64 Å². The Hall–Kier alpha value is -1.95. The van der Waals surface area contributed by atoms with E-state index in [-0.39, 0.29) is 18.3 Å². The number of esters is 1. The monoisotopic (exact) mass is 363 g/mol. The van der Waals surface area contributed by atoms with Crippen molar-refractivity contribution in [1.82, 2.24) is 4.90 Å². The van der Waals surface area contributed by atoms with Crippen LogP contribution in [-0.4, -0.2) is 36.5 Å². The van der Waals surface area contributed by atoms with Crippen molar-refractivity contribution in [3.05, 3.63) is 34.5 Å². The second kappa shape index (κ2) is 7.12. The van der Waals surface area contributed by atoms with Gasteiger partial charge in [0.1, 0.15) is 10.7 Å². The summed E-state index contributed by atoms with van der Waals surface area (Å²) in [4.78, 5) is 26.8. The van der Waals surface area contributed by atoms with Gasteiger partial charge in [0.2, 0.25) is 0 Å². The van der Waals surface area contributed by atoms with Crippen LogP contribution in [0.5, 0.6) is 0 Å². The smallest absolute Gasteiger partial charge is 0.349 e. The highest BCUT2D eigenvalue weighted by Crippen LogP contribution is 2.33. The zero-order valence-electron chi connectivity index (χ0n) is 14.7. The molecule has 1 fully saturated rings. The second-order valence-electron chi connectivity index (χ2n) is 6.99. The van der Waals surface area contributed by atoms with Crippen LogP contribution in [0.2, 0.25) is 0 Å². The van der Waals surface area contributed by atoms with Crippen molar-refractivity contribution >= 4 is 33.3 Å². The van der Waals surface area contributed by atoms with Crippen LogP contribution in [0.4, 0.5) is 4.39 Å². The van der Waals surface area contributed by atoms with E-state index in [1.54, 1.807) is 24.0 Å². The number of carbonyl (C=O) groups excluding carboxylic acids is 2. The number of carbonyl (C=O) groups is 2. The zero-order chi connectivity index (χ0) is 18.1. The van der Waals surface area contributed by atoms with E-state index in [9.17, 15) is 14.0 Å². The molecule has 25 heavy (non-hydrogen) atoms. The minimum Gasteiger partial charge on any atom is -0.451 e. The standard InChI is InChI=1S/C19H22FNO3S/c1-11-7-12(2)9-21(8-11)16(22)10-24-19(23)18-13(3)17-14(20)5-4-6-15(17)25-18/h4-6,11-12H,7-10H2,1-3H3/t11-,12-/m1/s1. The van der Waals surface area contributed by atoms with Crippen molar-refractivity contribution in [2.75, 3.05) is 19.7 Å². The lowest BCUT2D eigenvalue weighted by Gasteiger charge is -2.34. The summed E-state index contributed by atoms with van der Waals surface area (Å²) in [6.07, 6.45) is 1.11. The summed E-state index contributed by atoms with van der Waals surface area (Å²) < 4.78 is 19.9. The molecule has 0 radical (unpaired) electrons. The van der Waals surface area contributed by atoms with Gasteiger partial charge in [0.25, 0.3) is 5.91 Å². The number of aryl methyl sites for hydroxylation is 1. The van der Waals surface area contributed by atoms with Crippen LogP contribution >= 0.6 is 11.3 Å². The van der Waals surface area contributed by atoms with Crippen LogP contribution in [0.3, 0.4) is 0 Å². The Labute approximate surface area is 150 Å². The Bertz CT molecular complexity index is 806. The predicted molar refractivity (Wildman–Crippen MR) is 96.3 cm³/mol. The van der Waals surface area contributed by atoms with Gasteiger partial charge in [-0.2, -0.15) is 0 Å². The van der Waals surface area contributed by atoms with E-state index < -0.39 is 5.97 Å². The van der Waals surface area contributed by atoms with E-state index >= 15 is 0 Å². The number of nitrogens with zero attached hydrogens (tertiary/aromatic N) is 1. The van der Waals surface area contributed by atoms with Crippen LogP contribution in [0.15, 0.2) is 18.2 Å². The van der Waals surface area contributed by atoms with Crippen molar-refractivity contribution in [3.8, 4) is 0 Å². The summed E-state index contributed by atoms with van der Waals surface area (Å²) in [5, 5.41) is 0.449. The first-order chi connectivity index (χ1) is 11.9. The molecule has 6 heteroatoms. The first kappa shape index (κ1) is 17.9. The summed E-state index contributed by atoms with van der Waals surface area (Å²) >= 11 is 1.19. The predicted octanol–water partition coefficient (Wildman–Crippen LogP) is 4.01. The summed E-state index contributed by atoms with van der Waals surface area (Å²) in [7, 11) is 0. The molecule has 0 bridgehead atoms. The molecule has 0 saturated carbocycles. The molecular weight excluding hydrogens is 341 g/mol. The fraction of sp³-hybridized carbons (Fsp3) is 0.474. The van der Waals surface area contributed by atoms with Crippen LogP contribution in [0, 0.1) is 24.6 Å². The lowest BCUT2D eigenvalue weighted by Crippen LogP contribution is -2.44. The second-order valence-corrected chi connectivity index (χ2v) is 8.04. The van der Waals surface area contributed by atoms with E-state index in [0.29, 0.717) is 45.5 Å². The van der Waals surface area contributed by atoms with Crippen LogP contribution < -0.4 is 0 Å². The molecule has 1 amide bonds. The Balaban J connectivity index is 1.68. The summed E-state index contributed by atoms with van der Waals surface area (Å²) in [5.41, 5.74) is 0.566. The lowest BCUT2D eigenvalue weighted by atomic mass is 9.92. The van der Waals surface area contributed by atoms with Crippen molar-refractivity contribution in [2.24, 2.45) is 11.8 Å². The first-order valence-corrected chi connectivity index (χ1v) is 9.31. The van der Waals surface area contributed by atoms with Gasteiger partial charge in [0.05, 0.1) is 0 Å². The number of benzene rings is 1. The molecular formula is C19H22FNO3S. The SMILES string of the molecule is Cc1c(C(=O)OCC(=O)N2C[C@H](C)C[C@@H](C)C2)sc2cccc(F)c12. The van der Waals surface area contributed by atoms with Gasteiger partial charge in [-0.3, -0.25) is 4.79 Å². The van der Waals surface area contributed by atoms with Gasteiger partial charge in [0, 0.05) is 23.2 Å². The number of piperidine rings is 1. The van der Waals surface area contributed by atoms with Gasteiger partial charge >= 0.3 is 5.97 Å². The number of halogens is 1. The number of fused-ring (bicyclic) bond motifs is 1. The Morgan fingerprint density at radius 2 is 1.96 bits per heavy atom. The van der Waals surface area contributed by atoms with Gasteiger partial charge in [-0.05, 0) is 42.9 Å². The number of ether oxygens (including phenoxy) is 1. The van der Waals surface area contributed by atoms with Gasteiger partial charge in [-0.25, -0.2) is 9.18 Å². The molecule has 2 atom stereocenters. The average molecular weight is 363 g/mol. The minimum atomic E-state index is -0.565.